The Labute approximate surface area is 161 Å². The summed E-state index contributed by atoms with van der Waals surface area (Å²) in [6.07, 6.45) is 3.86. The van der Waals surface area contributed by atoms with Gasteiger partial charge in [-0.2, -0.15) is 13.9 Å². The van der Waals surface area contributed by atoms with Crippen LogP contribution < -0.4 is 10.7 Å². The van der Waals surface area contributed by atoms with Gasteiger partial charge in [0, 0.05) is 30.9 Å². The van der Waals surface area contributed by atoms with Gasteiger partial charge in [-0.05, 0) is 55.0 Å². The maximum Gasteiger partial charge on any atom is 0.327 e. The second-order valence-corrected chi connectivity index (χ2v) is 6.66. The topological polar surface area (TPSA) is 104 Å². The predicted molar refractivity (Wildman–Crippen MR) is 103 cm³/mol. The molecule has 1 atom stereocenters. The fourth-order valence-corrected chi connectivity index (χ4v) is 2.59. The van der Waals surface area contributed by atoms with E-state index in [9.17, 15) is 18.3 Å². The summed E-state index contributed by atoms with van der Waals surface area (Å²) in [6.45, 7) is -0.738. The molecular weight excluding hydrogens is 371 g/mol. The van der Waals surface area contributed by atoms with Crippen LogP contribution >= 0.6 is 0 Å². The van der Waals surface area contributed by atoms with Crippen LogP contribution in [0.3, 0.4) is 0 Å². The minimum absolute atomic E-state index is 0.0585. The van der Waals surface area contributed by atoms with Crippen molar-refractivity contribution in [1.82, 2.24) is 10.7 Å². The van der Waals surface area contributed by atoms with E-state index in [-0.39, 0.29) is 29.0 Å². The molecule has 1 saturated carbocycles. The van der Waals surface area contributed by atoms with Crippen molar-refractivity contribution in [3.63, 3.8) is 0 Å². The van der Waals surface area contributed by atoms with Crippen molar-refractivity contribution in [1.29, 1.82) is 10.8 Å². The second kappa shape index (κ2) is 10.0. The number of aliphatic hydroxyl groups is 1. The molecule has 1 fully saturated rings. The molecule has 5 N–H and O–H groups in total. The fourth-order valence-electron chi connectivity index (χ4n) is 2.59. The third-order valence-electron chi connectivity index (χ3n) is 4.27. The van der Waals surface area contributed by atoms with Gasteiger partial charge < -0.3 is 15.8 Å². The van der Waals surface area contributed by atoms with Crippen molar-refractivity contribution >= 4 is 17.6 Å². The number of allylic oxidation sites excluding steroid dienone is 1. The normalized spacial score (nSPS) is 16.1. The molecule has 0 spiro atoms. The first-order valence-corrected chi connectivity index (χ1v) is 8.91. The lowest BCUT2D eigenvalue weighted by Crippen LogP contribution is -2.24. The van der Waals surface area contributed by atoms with Gasteiger partial charge >= 0.3 is 6.55 Å². The highest BCUT2D eigenvalue weighted by Crippen LogP contribution is 2.27. The first-order chi connectivity index (χ1) is 13.3. The molecule has 0 bridgehead atoms. The molecule has 0 heterocycles. The average Bonchev–Trinajstić information content (AvgIpc) is 3.47. The van der Waals surface area contributed by atoms with E-state index in [2.05, 4.69) is 10.4 Å². The summed E-state index contributed by atoms with van der Waals surface area (Å²) in [5.41, 5.74) is 2.11. The van der Waals surface area contributed by atoms with E-state index in [1.807, 2.05) is 0 Å². The lowest BCUT2D eigenvalue weighted by Gasteiger charge is -2.15. The number of hydrogen-bond acceptors (Lipinski definition) is 6. The summed E-state index contributed by atoms with van der Waals surface area (Å²) in [5, 5.41) is 32.5. The zero-order chi connectivity index (χ0) is 20.7. The summed E-state index contributed by atoms with van der Waals surface area (Å²) in [6, 6.07) is 3.52. The molecular formula is C19H24F3N5O. The maximum absolute atomic E-state index is 13.5. The maximum atomic E-state index is 13.5. The molecule has 6 nitrogen and oxygen atoms in total. The predicted octanol–water partition coefficient (Wildman–Crippen LogP) is 3.34. The molecule has 1 aromatic carbocycles. The van der Waals surface area contributed by atoms with Crippen LogP contribution in [-0.4, -0.2) is 35.8 Å². The third-order valence-corrected chi connectivity index (χ3v) is 4.27. The quantitative estimate of drug-likeness (QED) is 0.225. The Morgan fingerprint density at radius 2 is 2.11 bits per heavy atom. The molecule has 1 aliphatic carbocycles. The number of rotatable bonds is 11. The first kappa shape index (κ1) is 21.6. The first-order valence-electron chi connectivity index (χ1n) is 8.91. The zero-order valence-electron chi connectivity index (χ0n) is 15.5. The van der Waals surface area contributed by atoms with Gasteiger partial charge in [-0.1, -0.05) is 0 Å². The SMILES string of the molecule is C[C@@H](O)c1cc(F)ccc1C(=N)/C(C/C(C=N)=C/NCC1CC1)=N\NC(F)F. The van der Waals surface area contributed by atoms with Crippen molar-refractivity contribution in [3.8, 4) is 0 Å². The molecule has 2 rings (SSSR count). The van der Waals surface area contributed by atoms with E-state index in [0.29, 0.717) is 11.5 Å². The van der Waals surface area contributed by atoms with Gasteiger partial charge in [0.15, 0.2) is 0 Å². The van der Waals surface area contributed by atoms with Gasteiger partial charge in [-0.25, -0.2) is 4.39 Å². The van der Waals surface area contributed by atoms with Gasteiger partial charge in [-0.3, -0.25) is 10.8 Å². The van der Waals surface area contributed by atoms with Gasteiger partial charge in [0.25, 0.3) is 0 Å². The summed E-state index contributed by atoms with van der Waals surface area (Å²) in [5.74, 6) is 0.0315. The molecule has 0 aliphatic heterocycles. The Kier molecular flexibility index (Phi) is 7.74. The largest absolute Gasteiger partial charge is 0.390 e. The standard InChI is InChI=1S/C19H24F3N5O/c1-11(28)16-7-14(20)4-5-15(16)18(24)17(26-27-19(21)22)6-13(8-23)10-25-9-12-2-3-12/h4-5,7-8,10-12,19,23-25,27-28H,2-3,6,9H2,1H3/b13-10-,23-8?,24-18?,26-17-/t11-/m1/s1. The molecule has 0 amide bonds. The van der Waals surface area contributed by atoms with E-state index in [4.69, 9.17) is 10.8 Å². The van der Waals surface area contributed by atoms with Gasteiger partial charge in [0.2, 0.25) is 0 Å². The molecule has 0 aromatic heterocycles. The van der Waals surface area contributed by atoms with Gasteiger partial charge in [0.05, 0.1) is 17.5 Å². The van der Waals surface area contributed by atoms with Crippen molar-refractivity contribution in [2.75, 3.05) is 6.54 Å². The van der Waals surface area contributed by atoms with E-state index in [1.54, 1.807) is 11.6 Å². The van der Waals surface area contributed by atoms with Crippen molar-refractivity contribution in [3.05, 3.63) is 46.9 Å². The number of hydrogen-bond donors (Lipinski definition) is 5. The number of hydrazone groups is 1. The highest BCUT2D eigenvalue weighted by atomic mass is 19.3. The number of halogens is 3. The van der Waals surface area contributed by atoms with Crippen LogP contribution in [0.5, 0.6) is 0 Å². The number of nitrogens with one attached hydrogen (secondary N) is 4. The monoisotopic (exact) mass is 395 g/mol. The minimum atomic E-state index is -2.92. The fraction of sp³-hybridized carbons (Fsp3) is 0.421. The Hall–Kier alpha value is -2.68. The zero-order valence-corrected chi connectivity index (χ0v) is 15.5. The average molecular weight is 395 g/mol. The van der Waals surface area contributed by atoms with Crippen LogP contribution in [-0.2, 0) is 0 Å². The second-order valence-electron chi connectivity index (χ2n) is 6.66. The lowest BCUT2D eigenvalue weighted by atomic mass is 9.94. The molecule has 0 unspecified atom stereocenters. The van der Waals surface area contributed by atoms with Crippen LogP contribution in [0.4, 0.5) is 13.2 Å². The van der Waals surface area contributed by atoms with Crippen molar-refractivity contribution < 1.29 is 18.3 Å². The highest BCUT2D eigenvalue weighted by Gasteiger charge is 2.21. The summed E-state index contributed by atoms with van der Waals surface area (Å²) in [7, 11) is 0. The molecule has 28 heavy (non-hydrogen) atoms. The minimum Gasteiger partial charge on any atom is -0.390 e. The van der Waals surface area contributed by atoms with E-state index < -0.39 is 18.5 Å². The summed E-state index contributed by atoms with van der Waals surface area (Å²) < 4.78 is 38.7. The summed E-state index contributed by atoms with van der Waals surface area (Å²) in [4.78, 5) is 0. The van der Waals surface area contributed by atoms with Crippen LogP contribution in [0.1, 0.15) is 43.4 Å². The van der Waals surface area contributed by atoms with E-state index in [1.165, 1.54) is 13.0 Å². The number of nitrogens with zero attached hydrogens (tertiary/aromatic N) is 1. The van der Waals surface area contributed by atoms with Crippen molar-refractivity contribution in [2.24, 2.45) is 11.0 Å². The van der Waals surface area contributed by atoms with Crippen LogP contribution in [0.15, 0.2) is 35.1 Å². The highest BCUT2D eigenvalue weighted by molar-refractivity contribution is 6.48. The Morgan fingerprint density at radius 1 is 1.39 bits per heavy atom. The molecule has 0 saturated heterocycles. The van der Waals surface area contributed by atoms with Crippen molar-refractivity contribution in [2.45, 2.75) is 38.8 Å². The van der Waals surface area contributed by atoms with Crippen LogP contribution in [0.2, 0.25) is 0 Å². The molecule has 0 radical (unpaired) electrons. The van der Waals surface area contributed by atoms with Gasteiger partial charge in [0.1, 0.15) is 5.82 Å². The Morgan fingerprint density at radius 3 is 2.68 bits per heavy atom. The molecule has 152 valence electrons. The molecule has 1 aromatic rings. The number of aliphatic hydroxyl groups excluding tert-OH is 1. The van der Waals surface area contributed by atoms with Crippen LogP contribution in [0, 0.1) is 22.6 Å². The Balaban J connectivity index is 2.27. The summed E-state index contributed by atoms with van der Waals surface area (Å²) >= 11 is 0. The number of benzene rings is 1. The van der Waals surface area contributed by atoms with E-state index >= 15 is 0 Å². The van der Waals surface area contributed by atoms with Gasteiger partial charge in [-0.15, -0.1) is 0 Å². The third kappa shape index (κ3) is 6.49. The van der Waals surface area contributed by atoms with Crippen LogP contribution in [0.25, 0.3) is 0 Å². The molecule has 9 heteroatoms. The van der Waals surface area contributed by atoms with E-state index in [0.717, 1.165) is 37.7 Å². The lowest BCUT2D eigenvalue weighted by molar-refractivity contribution is 0.110. The number of alkyl halides is 2. The smallest absolute Gasteiger partial charge is 0.327 e. The molecule has 1 aliphatic rings. The Bertz CT molecular complexity index is 773.